The number of nitrogens with zero attached hydrogens (tertiary/aromatic N) is 1. The Morgan fingerprint density at radius 2 is 1.59 bits per heavy atom. The minimum Gasteiger partial charge on any atom is -0.465 e. The van der Waals surface area contributed by atoms with E-state index < -0.39 is 0 Å². The highest BCUT2D eigenvalue weighted by atomic mass is 16.6. The summed E-state index contributed by atoms with van der Waals surface area (Å²) in [6.45, 7) is 12.1. The zero-order valence-electron chi connectivity index (χ0n) is 18.9. The van der Waals surface area contributed by atoms with Gasteiger partial charge in [-0.15, -0.1) is 0 Å². The van der Waals surface area contributed by atoms with Crippen LogP contribution in [0.25, 0.3) is 0 Å². The molecule has 0 radical (unpaired) electrons. The van der Waals surface area contributed by atoms with Crippen molar-refractivity contribution in [3.8, 4) is 0 Å². The van der Waals surface area contributed by atoms with Crippen LogP contribution in [0.3, 0.4) is 0 Å². The van der Waals surface area contributed by atoms with E-state index in [0.29, 0.717) is 38.6 Å². The summed E-state index contributed by atoms with van der Waals surface area (Å²) < 4.78 is 10.9. The molecule has 0 bridgehead atoms. The summed E-state index contributed by atoms with van der Waals surface area (Å²) in [5.41, 5.74) is 1.15. The normalized spacial score (nSPS) is 12.1. The molecule has 164 valence electrons. The van der Waals surface area contributed by atoms with E-state index in [1.165, 1.54) is 0 Å². The average Bonchev–Trinajstić information content (AvgIpc) is 2.68. The highest BCUT2D eigenvalue weighted by Gasteiger charge is 2.23. The topological polar surface area (TPSA) is 55.8 Å². The molecule has 0 heterocycles. The molecule has 0 aliphatic carbocycles. The second-order valence-electron chi connectivity index (χ2n) is 8.61. The molecule has 0 aromatic heterocycles. The number of amides is 1. The number of carbonyl (C=O) groups is 2. The van der Waals surface area contributed by atoms with Crippen LogP contribution in [0, 0.1) is 17.8 Å². The minimum absolute atomic E-state index is 0.0134. The summed E-state index contributed by atoms with van der Waals surface area (Å²) >= 11 is 0. The Kier molecular flexibility index (Phi) is 12.1. The molecular formula is C24H39NO4. The Bertz CT molecular complexity index is 586. The lowest BCUT2D eigenvalue weighted by Gasteiger charge is -2.27. The number of esters is 1. The number of unbranched alkanes of at least 4 members (excludes halogenated alkanes) is 1. The van der Waals surface area contributed by atoms with E-state index in [1.807, 2.05) is 45.9 Å². The van der Waals surface area contributed by atoms with Gasteiger partial charge in [0.2, 0.25) is 0 Å². The van der Waals surface area contributed by atoms with Crippen molar-refractivity contribution in [3.63, 3.8) is 0 Å². The molecule has 1 aromatic carbocycles. The fourth-order valence-corrected chi connectivity index (χ4v) is 2.95. The third-order valence-electron chi connectivity index (χ3n) is 4.46. The molecule has 5 nitrogen and oxygen atoms in total. The van der Waals surface area contributed by atoms with E-state index in [0.717, 1.165) is 24.8 Å². The number of ether oxygens (including phenoxy) is 2. The summed E-state index contributed by atoms with van der Waals surface area (Å²) in [5.74, 6) is 0.378. The van der Waals surface area contributed by atoms with Gasteiger partial charge in [0, 0.05) is 13.1 Å². The molecule has 0 spiro atoms. The molecule has 1 aromatic rings. The third-order valence-corrected chi connectivity index (χ3v) is 4.46. The van der Waals surface area contributed by atoms with Crippen LogP contribution in [0.1, 0.15) is 59.4 Å². The first-order chi connectivity index (χ1) is 13.8. The Balaban J connectivity index is 2.84. The van der Waals surface area contributed by atoms with E-state index in [9.17, 15) is 9.59 Å². The molecule has 0 saturated carbocycles. The van der Waals surface area contributed by atoms with Gasteiger partial charge < -0.3 is 14.4 Å². The maximum absolute atomic E-state index is 12.6. The Morgan fingerprint density at radius 1 is 0.966 bits per heavy atom. The molecule has 1 atom stereocenters. The monoisotopic (exact) mass is 405 g/mol. The highest BCUT2D eigenvalue weighted by molar-refractivity contribution is 5.70. The van der Waals surface area contributed by atoms with Gasteiger partial charge in [-0.2, -0.15) is 0 Å². The maximum atomic E-state index is 12.6. The molecule has 0 N–H and O–H groups in total. The lowest BCUT2D eigenvalue weighted by Crippen LogP contribution is -2.38. The summed E-state index contributed by atoms with van der Waals surface area (Å²) in [6.07, 6.45) is 2.63. The van der Waals surface area contributed by atoms with E-state index in [-0.39, 0.29) is 23.9 Å². The second-order valence-corrected chi connectivity index (χ2v) is 8.61. The predicted octanol–water partition coefficient (Wildman–Crippen LogP) is 5.33. The van der Waals surface area contributed by atoms with Gasteiger partial charge in [-0.3, -0.25) is 4.79 Å². The maximum Gasteiger partial charge on any atom is 0.409 e. The van der Waals surface area contributed by atoms with E-state index in [1.54, 1.807) is 4.90 Å². The first-order valence-corrected chi connectivity index (χ1v) is 10.9. The van der Waals surface area contributed by atoms with E-state index >= 15 is 0 Å². The van der Waals surface area contributed by atoms with Crippen molar-refractivity contribution in [1.29, 1.82) is 0 Å². The standard InChI is InChI=1S/C24H39NO4/c1-6-7-13-25(24(27)29-18-20(4)5)16-22(14-21-11-9-8-10-12-21)15-23(26)28-17-19(2)3/h8-12,19-20,22H,6-7,13-18H2,1-5H3. The zero-order valence-corrected chi connectivity index (χ0v) is 18.9. The van der Waals surface area contributed by atoms with Gasteiger partial charge in [-0.1, -0.05) is 71.4 Å². The molecule has 29 heavy (non-hydrogen) atoms. The van der Waals surface area contributed by atoms with Crippen molar-refractivity contribution in [2.75, 3.05) is 26.3 Å². The van der Waals surface area contributed by atoms with E-state index in [4.69, 9.17) is 9.47 Å². The first-order valence-electron chi connectivity index (χ1n) is 10.9. The molecule has 1 amide bonds. The summed E-state index contributed by atoms with van der Waals surface area (Å²) in [7, 11) is 0. The molecular weight excluding hydrogens is 366 g/mol. The summed E-state index contributed by atoms with van der Waals surface area (Å²) in [5, 5.41) is 0. The molecule has 0 saturated heterocycles. The fraction of sp³-hybridized carbons (Fsp3) is 0.667. The molecule has 0 fully saturated rings. The highest BCUT2D eigenvalue weighted by Crippen LogP contribution is 2.17. The quantitative estimate of drug-likeness (QED) is 0.416. The lowest BCUT2D eigenvalue weighted by atomic mass is 9.95. The van der Waals surface area contributed by atoms with Crippen LogP contribution < -0.4 is 0 Å². The van der Waals surface area contributed by atoms with Gasteiger partial charge in [0.1, 0.15) is 0 Å². The Labute approximate surface area is 176 Å². The first kappa shape index (κ1) is 25.0. The van der Waals surface area contributed by atoms with Crippen molar-refractivity contribution in [1.82, 2.24) is 4.90 Å². The van der Waals surface area contributed by atoms with Gasteiger partial charge in [-0.25, -0.2) is 4.79 Å². The second kappa shape index (κ2) is 14.0. The summed E-state index contributed by atoms with van der Waals surface area (Å²) in [4.78, 5) is 26.8. The average molecular weight is 406 g/mol. The van der Waals surface area contributed by atoms with Crippen LogP contribution >= 0.6 is 0 Å². The van der Waals surface area contributed by atoms with Crippen LogP contribution in [0.15, 0.2) is 30.3 Å². The SMILES string of the molecule is CCCCN(CC(CC(=O)OCC(C)C)Cc1ccccc1)C(=O)OCC(C)C. The van der Waals surface area contributed by atoms with Crippen LogP contribution in [0.4, 0.5) is 4.79 Å². The minimum atomic E-state index is -0.291. The molecule has 1 unspecified atom stereocenters. The van der Waals surface area contributed by atoms with Crippen LogP contribution in [0.2, 0.25) is 0 Å². The fourth-order valence-electron chi connectivity index (χ4n) is 2.95. The molecule has 1 rings (SSSR count). The van der Waals surface area contributed by atoms with Crippen molar-refractivity contribution in [2.45, 2.75) is 60.3 Å². The van der Waals surface area contributed by atoms with Crippen molar-refractivity contribution >= 4 is 12.1 Å². The van der Waals surface area contributed by atoms with Crippen molar-refractivity contribution in [2.24, 2.45) is 17.8 Å². The number of rotatable bonds is 13. The molecule has 0 aliphatic heterocycles. The van der Waals surface area contributed by atoms with Crippen LogP contribution in [-0.2, 0) is 20.7 Å². The van der Waals surface area contributed by atoms with E-state index in [2.05, 4.69) is 19.1 Å². The van der Waals surface area contributed by atoms with Gasteiger partial charge in [-0.05, 0) is 36.2 Å². The van der Waals surface area contributed by atoms with Crippen LogP contribution in [0.5, 0.6) is 0 Å². The zero-order chi connectivity index (χ0) is 21.6. The number of carbonyl (C=O) groups excluding carboxylic acids is 2. The third kappa shape index (κ3) is 11.5. The van der Waals surface area contributed by atoms with Gasteiger partial charge in [0.25, 0.3) is 0 Å². The largest absolute Gasteiger partial charge is 0.465 e. The molecule has 0 aliphatic rings. The summed E-state index contributed by atoms with van der Waals surface area (Å²) in [6, 6.07) is 10.1. The number of benzene rings is 1. The van der Waals surface area contributed by atoms with Gasteiger partial charge >= 0.3 is 12.1 Å². The Hall–Kier alpha value is -2.04. The predicted molar refractivity (Wildman–Crippen MR) is 117 cm³/mol. The van der Waals surface area contributed by atoms with Crippen LogP contribution in [-0.4, -0.2) is 43.3 Å². The lowest BCUT2D eigenvalue weighted by molar-refractivity contribution is -0.146. The number of hydrogen-bond donors (Lipinski definition) is 0. The smallest absolute Gasteiger partial charge is 0.409 e. The van der Waals surface area contributed by atoms with Gasteiger partial charge in [0.05, 0.1) is 19.6 Å². The van der Waals surface area contributed by atoms with Crippen molar-refractivity contribution < 1.29 is 19.1 Å². The molecule has 5 heteroatoms. The van der Waals surface area contributed by atoms with Gasteiger partial charge in [0.15, 0.2) is 0 Å². The Morgan fingerprint density at radius 3 is 2.17 bits per heavy atom. The number of hydrogen-bond acceptors (Lipinski definition) is 4. The van der Waals surface area contributed by atoms with Crippen molar-refractivity contribution in [3.05, 3.63) is 35.9 Å².